The highest BCUT2D eigenvalue weighted by molar-refractivity contribution is 9.10. The van der Waals surface area contributed by atoms with Crippen LogP contribution in [0.3, 0.4) is 0 Å². The summed E-state index contributed by atoms with van der Waals surface area (Å²) in [6, 6.07) is 12.9. The lowest BCUT2D eigenvalue weighted by atomic mass is 9.95. The highest BCUT2D eigenvalue weighted by atomic mass is 79.9. The van der Waals surface area contributed by atoms with E-state index in [9.17, 15) is 4.79 Å². The molecule has 0 saturated heterocycles. The first-order valence-electron chi connectivity index (χ1n) is 4.95. The van der Waals surface area contributed by atoms with Gasteiger partial charge in [0, 0.05) is 4.47 Å². The third kappa shape index (κ3) is 2.63. The molecule has 1 atom stereocenters. The van der Waals surface area contributed by atoms with Crippen LogP contribution < -0.4 is 0 Å². The predicted molar refractivity (Wildman–Crippen MR) is 71.1 cm³/mol. The van der Waals surface area contributed by atoms with Crippen LogP contribution in [-0.4, -0.2) is 5.78 Å². The van der Waals surface area contributed by atoms with E-state index in [0.29, 0.717) is 4.88 Å². The maximum absolute atomic E-state index is 12.1. The molecule has 1 unspecified atom stereocenters. The van der Waals surface area contributed by atoms with Crippen molar-refractivity contribution in [2.75, 3.05) is 0 Å². The Labute approximate surface area is 112 Å². The number of rotatable bonds is 3. The molecule has 0 amide bonds. The molecule has 1 aromatic heterocycles. The molecule has 0 aliphatic heterocycles. The van der Waals surface area contributed by atoms with Crippen molar-refractivity contribution >= 4 is 33.0 Å². The molecule has 4 heteroatoms. The van der Waals surface area contributed by atoms with E-state index in [1.165, 1.54) is 11.3 Å². The van der Waals surface area contributed by atoms with Crippen LogP contribution in [-0.2, 0) is 0 Å². The lowest BCUT2D eigenvalue weighted by Gasteiger charge is -2.07. The van der Waals surface area contributed by atoms with E-state index in [1.807, 2.05) is 23.6 Å². The zero-order chi connectivity index (χ0) is 12.3. The van der Waals surface area contributed by atoms with Crippen molar-refractivity contribution in [3.63, 3.8) is 0 Å². The minimum Gasteiger partial charge on any atom is -0.291 e. The second kappa shape index (κ2) is 5.26. The molecule has 84 valence electrons. The van der Waals surface area contributed by atoms with Crippen LogP contribution in [0.5, 0.6) is 0 Å². The molecular weight excluding hydrogens is 298 g/mol. The molecule has 17 heavy (non-hydrogen) atoms. The Kier molecular flexibility index (Phi) is 3.72. The monoisotopic (exact) mass is 305 g/mol. The van der Waals surface area contributed by atoms with Crippen LogP contribution in [0.25, 0.3) is 0 Å². The lowest BCUT2D eigenvalue weighted by Crippen LogP contribution is -2.09. The minimum atomic E-state index is -0.730. The molecule has 0 radical (unpaired) electrons. The van der Waals surface area contributed by atoms with Gasteiger partial charge < -0.3 is 0 Å². The van der Waals surface area contributed by atoms with Crippen molar-refractivity contribution < 1.29 is 4.79 Å². The van der Waals surface area contributed by atoms with Gasteiger partial charge in [-0.25, -0.2) is 0 Å². The van der Waals surface area contributed by atoms with Gasteiger partial charge in [-0.3, -0.25) is 4.79 Å². The number of ketones is 1. The number of benzene rings is 1. The maximum atomic E-state index is 12.1. The fraction of sp³-hybridized carbons (Fsp3) is 0.0769. The van der Waals surface area contributed by atoms with Gasteiger partial charge in [0.1, 0.15) is 5.92 Å². The summed E-state index contributed by atoms with van der Waals surface area (Å²) < 4.78 is 0.870. The minimum absolute atomic E-state index is 0.138. The molecule has 2 aromatic rings. The number of halogens is 1. The molecule has 0 saturated carbocycles. The number of thiophene rings is 1. The van der Waals surface area contributed by atoms with Crippen molar-refractivity contribution in [1.29, 1.82) is 5.26 Å². The summed E-state index contributed by atoms with van der Waals surface area (Å²) in [5.41, 5.74) is 0.722. The summed E-state index contributed by atoms with van der Waals surface area (Å²) in [7, 11) is 0. The quantitative estimate of drug-likeness (QED) is 0.804. The van der Waals surface area contributed by atoms with Crippen molar-refractivity contribution in [3.05, 3.63) is 56.7 Å². The standard InChI is InChI=1S/C13H8BrNOS/c14-10-4-1-3-9(7-10)11(8-15)13(16)12-5-2-6-17-12/h1-7,11H. The molecule has 1 aromatic carbocycles. The second-order valence-electron chi connectivity index (χ2n) is 3.46. The van der Waals surface area contributed by atoms with Gasteiger partial charge in [0.15, 0.2) is 5.78 Å². The zero-order valence-electron chi connectivity index (χ0n) is 8.76. The fourth-order valence-corrected chi connectivity index (χ4v) is 2.64. The van der Waals surface area contributed by atoms with Crippen LogP contribution in [0, 0.1) is 11.3 Å². The number of carbonyl (C=O) groups is 1. The molecule has 0 fully saturated rings. The molecule has 0 aliphatic carbocycles. The van der Waals surface area contributed by atoms with Crippen molar-refractivity contribution in [3.8, 4) is 6.07 Å². The smallest absolute Gasteiger partial charge is 0.194 e. The van der Waals surface area contributed by atoms with Crippen molar-refractivity contribution in [2.45, 2.75) is 5.92 Å². The second-order valence-corrected chi connectivity index (χ2v) is 5.32. The Bertz CT molecular complexity index is 571. The van der Waals surface area contributed by atoms with Crippen LogP contribution in [0.2, 0.25) is 0 Å². The van der Waals surface area contributed by atoms with E-state index < -0.39 is 5.92 Å². The first kappa shape index (κ1) is 12.0. The predicted octanol–water partition coefficient (Wildman–Crippen LogP) is 4.00. The Morgan fingerprint density at radius 2 is 2.18 bits per heavy atom. The zero-order valence-corrected chi connectivity index (χ0v) is 11.2. The van der Waals surface area contributed by atoms with E-state index in [1.54, 1.807) is 18.2 Å². The van der Waals surface area contributed by atoms with Gasteiger partial charge in [0.25, 0.3) is 0 Å². The Balaban J connectivity index is 2.35. The van der Waals surface area contributed by atoms with Gasteiger partial charge in [-0.2, -0.15) is 5.26 Å². The number of carbonyl (C=O) groups excluding carboxylic acids is 1. The number of Topliss-reactive ketones (excluding diaryl/α,β-unsaturated/α-hetero) is 1. The normalized spacial score (nSPS) is 11.8. The molecule has 0 aliphatic rings. The van der Waals surface area contributed by atoms with Crippen molar-refractivity contribution in [1.82, 2.24) is 0 Å². The average Bonchev–Trinajstić information content (AvgIpc) is 2.83. The van der Waals surface area contributed by atoms with Gasteiger partial charge in [-0.05, 0) is 29.1 Å². The van der Waals surface area contributed by atoms with Gasteiger partial charge in [0.05, 0.1) is 10.9 Å². The SMILES string of the molecule is N#CC(C(=O)c1cccs1)c1cccc(Br)c1. The number of hydrogen-bond donors (Lipinski definition) is 0. The van der Waals surface area contributed by atoms with E-state index in [2.05, 4.69) is 22.0 Å². The summed E-state index contributed by atoms with van der Waals surface area (Å²) in [6.45, 7) is 0. The lowest BCUT2D eigenvalue weighted by molar-refractivity contribution is 0.0983. The topological polar surface area (TPSA) is 40.9 Å². The average molecular weight is 306 g/mol. The number of nitrogens with zero attached hydrogens (tertiary/aromatic N) is 1. The molecule has 1 heterocycles. The third-order valence-corrected chi connectivity index (χ3v) is 3.71. The van der Waals surface area contributed by atoms with Gasteiger partial charge in [0.2, 0.25) is 0 Å². The van der Waals surface area contributed by atoms with E-state index in [4.69, 9.17) is 5.26 Å². The van der Waals surface area contributed by atoms with E-state index in [0.717, 1.165) is 10.0 Å². The molecule has 2 rings (SSSR count). The molecular formula is C13H8BrNOS. The van der Waals surface area contributed by atoms with Crippen molar-refractivity contribution in [2.24, 2.45) is 0 Å². The number of nitriles is 1. The van der Waals surface area contributed by atoms with Gasteiger partial charge in [-0.15, -0.1) is 11.3 Å². The summed E-state index contributed by atoms with van der Waals surface area (Å²) in [4.78, 5) is 12.7. The largest absolute Gasteiger partial charge is 0.291 e. The molecule has 2 nitrogen and oxygen atoms in total. The Hall–Kier alpha value is -1.44. The maximum Gasteiger partial charge on any atom is 0.194 e. The summed E-state index contributed by atoms with van der Waals surface area (Å²) in [5.74, 6) is -0.869. The summed E-state index contributed by atoms with van der Waals surface area (Å²) in [5, 5.41) is 11.0. The Morgan fingerprint density at radius 3 is 2.76 bits per heavy atom. The fourth-order valence-electron chi connectivity index (χ4n) is 1.53. The molecule has 0 N–H and O–H groups in total. The van der Waals surface area contributed by atoms with Crippen LogP contribution in [0.4, 0.5) is 0 Å². The van der Waals surface area contributed by atoms with E-state index >= 15 is 0 Å². The van der Waals surface area contributed by atoms with Crippen LogP contribution in [0.1, 0.15) is 21.2 Å². The van der Waals surface area contributed by atoms with E-state index in [-0.39, 0.29) is 5.78 Å². The Morgan fingerprint density at radius 1 is 1.35 bits per heavy atom. The highest BCUT2D eigenvalue weighted by Crippen LogP contribution is 2.25. The molecule has 0 bridgehead atoms. The molecule has 0 spiro atoms. The third-order valence-electron chi connectivity index (χ3n) is 2.34. The van der Waals surface area contributed by atoms with Gasteiger partial charge in [-0.1, -0.05) is 34.1 Å². The van der Waals surface area contributed by atoms with Gasteiger partial charge >= 0.3 is 0 Å². The van der Waals surface area contributed by atoms with Crippen LogP contribution in [0.15, 0.2) is 46.3 Å². The van der Waals surface area contributed by atoms with Crippen LogP contribution >= 0.6 is 27.3 Å². The first-order chi connectivity index (χ1) is 8.22. The highest BCUT2D eigenvalue weighted by Gasteiger charge is 2.22. The first-order valence-corrected chi connectivity index (χ1v) is 6.62. The number of hydrogen-bond acceptors (Lipinski definition) is 3. The summed E-state index contributed by atoms with van der Waals surface area (Å²) in [6.07, 6.45) is 0. The summed E-state index contributed by atoms with van der Waals surface area (Å²) >= 11 is 4.70.